The van der Waals surface area contributed by atoms with Crippen molar-refractivity contribution in [3.05, 3.63) is 45.4 Å². The van der Waals surface area contributed by atoms with Crippen LogP contribution >= 0.6 is 11.3 Å². The number of guanidine groups is 1. The molecule has 3 N–H and O–H groups in total. The standard InChI is InChI=1S/C20H29N5OS/c1-5-16-8-7-9-17(12-16)25-18(26)13-23-20(21-6-2)22-11-10-19-24-14(3)15(4)27-19/h7-9,12H,5-6,10-11,13H2,1-4H3,(H,25,26)(H2,21,22,23). The van der Waals surface area contributed by atoms with Crippen LogP contribution < -0.4 is 16.0 Å². The molecule has 146 valence electrons. The third-order valence-corrected chi connectivity index (χ3v) is 5.18. The topological polar surface area (TPSA) is 78.4 Å². The first-order valence-electron chi connectivity index (χ1n) is 9.35. The van der Waals surface area contributed by atoms with Crippen LogP contribution in [0, 0.1) is 13.8 Å². The molecule has 0 spiro atoms. The van der Waals surface area contributed by atoms with Gasteiger partial charge in [-0.15, -0.1) is 11.3 Å². The molecule has 27 heavy (non-hydrogen) atoms. The zero-order valence-corrected chi connectivity index (χ0v) is 17.4. The Bertz CT molecular complexity index is 765. The monoisotopic (exact) mass is 387 g/mol. The van der Waals surface area contributed by atoms with Gasteiger partial charge in [-0.05, 0) is 44.9 Å². The van der Waals surface area contributed by atoms with Gasteiger partial charge >= 0.3 is 0 Å². The highest BCUT2D eigenvalue weighted by molar-refractivity contribution is 7.11. The molecule has 0 aliphatic rings. The summed E-state index contributed by atoms with van der Waals surface area (Å²) in [6, 6.07) is 7.88. The maximum Gasteiger partial charge on any atom is 0.246 e. The quantitative estimate of drug-likeness (QED) is 0.480. The first kappa shape index (κ1) is 20.9. The molecule has 1 heterocycles. The van der Waals surface area contributed by atoms with Crippen LogP contribution in [-0.2, 0) is 17.6 Å². The molecular weight excluding hydrogens is 358 g/mol. The largest absolute Gasteiger partial charge is 0.357 e. The van der Waals surface area contributed by atoms with Crippen LogP contribution in [0.15, 0.2) is 29.3 Å². The summed E-state index contributed by atoms with van der Waals surface area (Å²) in [4.78, 5) is 22.3. The molecule has 0 atom stereocenters. The van der Waals surface area contributed by atoms with Crippen molar-refractivity contribution in [1.82, 2.24) is 15.6 Å². The number of anilines is 1. The summed E-state index contributed by atoms with van der Waals surface area (Å²) in [6.07, 6.45) is 1.77. The van der Waals surface area contributed by atoms with E-state index < -0.39 is 0 Å². The Balaban J connectivity index is 1.84. The van der Waals surface area contributed by atoms with Crippen molar-refractivity contribution in [2.45, 2.75) is 40.5 Å². The van der Waals surface area contributed by atoms with E-state index in [1.54, 1.807) is 11.3 Å². The molecule has 6 nitrogen and oxygen atoms in total. The van der Waals surface area contributed by atoms with Crippen LogP contribution in [0.1, 0.15) is 35.0 Å². The summed E-state index contributed by atoms with van der Waals surface area (Å²) >= 11 is 1.73. The van der Waals surface area contributed by atoms with Gasteiger partial charge in [0.25, 0.3) is 0 Å². The average molecular weight is 388 g/mol. The van der Waals surface area contributed by atoms with Crippen LogP contribution in [0.4, 0.5) is 5.69 Å². The molecule has 0 aliphatic heterocycles. The number of benzene rings is 1. The summed E-state index contributed by atoms with van der Waals surface area (Å²) in [5, 5.41) is 10.4. The van der Waals surface area contributed by atoms with Gasteiger partial charge in [-0.2, -0.15) is 0 Å². The van der Waals surface area contributed by atoms with Crippen molar-refractivity contribution < 1.29 is 4.79 Å². The van der Waals surface area contributed by atoms with Gasteiger partial charge in [0.2, 0.25) is 5.91 Å². The molecule has 1 aromatic carbocycles. The molecule has 7 heteroatoms. The Kier molecular flexibility index (Phi) is 8.26. The Morgan fingerprint density at radius 1 is 1.22 bits per heavy atom. The van der Waals surface area contributed by atoms with Gasteiger partial charge in [0.05, 0.1) is 10.7 Å². The summed E-state index contributed by atoms with van der Waals surface area (Å²) in [6.45, 7) is 9.74. The van der Waals surface area contributed by atoms with Gasteiger partial charge < -0.3 is 16.0 Å². The van der Waals surface area contributed by atoms with E-state index in [-0.39, 0.29) is 12.5 Å². The van der Waals surface area contributed by atoms with Crippen molar-refractivity contribution >= 4 is 28.9 Å². The maximum absolute atomic E-state index is 12.2. The Hall–Kier alpha value is -2.41. The summed E-state index contributed by atoms with van der Waals surface area (Å²) < 4.78 is 0. The summed E-state index contributed by atoms with van der Waals surface area (Å²) in [7, 11) is 0. The van der Waals surface area contributed by atoms with Crippen LogP contribution in [0.3, 0.4) is 0 Å². The van der Waals surface area contributed by atoms with E-state index in [2.05, 4.69) is 39.8 Å². The highest BCUT2D eigenvalue weighted by atomic mass is 32.1. The molecule has 0 radical (unpaired) electrons. The van der Waals surface area contributed by atoms with E-state index in [0.29, 0.717) is 5.96 Å². The number of aliphatic imine (C=N–C) groups is 1. The second-order valence-corrected chi connectivity index (χ2v) is 7.51. The first-order chi connectivity index (χ1) is 13.0. The molecular formula is C20H29N5OS. The minimum atomic E-state index is -0.133. The third kappa shape index (κ3) is 7.02. The van der Waals surface area contributed by atoms with E-state index in [0.717, 1.165) is 42.3 Å². The van der Waals surface area contributed by atoms with Gasteiger partial charge in [0, 0.05) is 30.1 Å². The lowest BCUT2D eigenvalue weighted by Gasteiger charge is -2.11. The SMILES string of the molecule is CCNC(=NCC(=O)Nc1cccc(CC)c1)NCCc1nc(C)c(C)s1. The number of thiazole rings is 1. The zero-order valence-electron chi connectivity index (χ0n) is 16.6. The lowest BCUT2D eigenvalue weighted by molar-refractivity contribution is -0.114. The molecule has 0 unspecified atom stereocenters. The smallest absolute Gasteiger partial charge is 0.246 e. The Labute approximate surface area is 165 Å². The zero-order chi connectivity index (χ0) is 19.6. The lowest BCUT2D eigenvalue weighted by atomic mass is 10.1. The number of aryl methyl sites for hydroxylation is 3. The highest BCUT2D eigenvalue weighted by Crippen LogP contribution is 2.16. The van der Waals surface area contributed by atoms with E-state index in [1.807, 2.05) is 38.1 Å². The molecule has 0 bridgehead atoms. The molecule has 0 aliphatic carbocycles. The van der Waals surface area contributed by atoms with E-state index in [1.165, 1.54) is 10.4 Å². The average Bonchev–Trinajstić information content (AvgIpc) is 2.97. The number of aromatic nitrogens is 1. The van der Waals surface area contributed by atoms with Gasteiger partial charge in [-0.1, -0.05) is 19.1 Å². The number of carbonyl (C=O) groups excluding carboxylic acids is 1. The lowest BCUT2D eigenvalue weighted by Crippen LogP contribution is -2.39. The number of nitrogens with zero attached hydrogens (tertiary/aromatic N) is 2. The van der Waals surface area contributed by atoms with Crippen molar-refractivity contribution in [2.75, 3.05) is 25.0 Å². The van der Waals surface area contributed by atoms with Crippen LogP contribution in [0.25, 0.3) is 0 Å². The highest BCUT2D eigenvalue weighted by Gasteiger charge is 2.06. The fourth-order valence-electron chi connectivity index (χ4n) is 2.50. The minimum absolute atomic E-state index is 0.0706. The molecule has 1 amide bonds. The summed E-state index contributed by atoms with van der Waals surface area (Å²) in [5.41, 5.74) is 3.10. The van der Waals surface area contributed by atoms with Crippen molar-refractivity contribution in [2.24, 2.45) is 4.99 Å². The molecule has 0 fully saturated rings. The van der Waals surface area contributed by atoms with E-state index in [9.17, 15) is 4.79 Å². The van der Waals surface area contributed by atoms with Crippen LogP contribution in [0.5, 0.6) is 0 Å². The normalized spacial score (nSPS) is 11.3. The number of rotatable bonds is 8. The van der Waals surface area contributed by atoms with Crippen LogP contribution in [-0.4, -0.2) is 36.5 Å². The second-order valence-electron chi connectivity index (χ2n) is 6.22. The molecule has 0 saturated heterocycles. The number of nitrogens with one attached hydrogen (secondary N) is 3. The maximum atomic E-state index is 12.2. The molecule has 0 saturated carbocycles. The van der Waals surface area contributed by atoms with Gasteiger partial charge in [0.15, 0.2) is 5.96 Å². The predicted octanol–water partition coefficient (Wildman–Crippen LogP) is 3.06. The Morgan fingerprint density at radius 2 is 2.04 bits per heavy atom. The van der Waals surface area contributed by atoms with Gasteiger partial charge in [-0.3, -0.25) is 4.79 Å². The van der Waals surface area contributed by atoms with Gasteiger partial charge in [0.1, 0.15) is 6.54 Å². The second kappa shape index (κ2) is 10.7. The fraction of sp³-hybridized carbons (Fsp3) is 0.450. The van der Waals surface area contributed by atoms with Crippen LogP contribution in [0.2, 0.25) is 0 Å². The molecule has 1 aromatic heterocycles. The Morgan fingerprint density at radius 3 is 2.70 bits per heavy atom. The molecule has 2 aromatic rings. The number of hydrogen-bond acceptors (Lipinski definition) is 4. The third-order valence-electron chi connectivity index (χ3n) is 4.05. The number of carbonyl (C=O) groups is 1. The predicted molar refractivity (Wildman–Crippen MR) is 114 cm³/mol. The fourth-order valence-corrected chi connectivity index (χ4v) is 3.43. The molecule has 2 rings (SSSR count). The number of amides is 1. The number of hydrogen-bond donors (Lipinski definition) is 3. The summed E-state index contributed by atoms with van der Waals surface area (Å²) in [5.74, 6) is 0.506. The van der Waals surface area contributed by atoms with Gasteiger partial charge in [-0.25, -0.2) is 9.98 Å². The first-order valence-corrected chi connectivity index (χ1v) is 10.2. The van der Waals surface area contributed by atoms with Crippen molar-refractivity contribution in [1.29, 1.82) is 0 Å². The van der Waals surface area contributed by atoms with E-state index >= 15 is 0 Å². The van der Waals surface area contributed by atoms with Crippen molar-refractivity contribution in [3.8, 4) is 0 Å². The minimum Gasteiger partial charge on any atom is -0.357 e. The van der Waals surface area contributed by atoms with Crippen molar-refractivity contribution in [3.63, 3.8) is 0 Å². The van der Waals surface area contributed by atoms with E-state index in [4.69, 9.17) is 0 Å².